The molecule has 1 aliphatic heterocycles. The van der Waals surface area contributed by atoms with Gasteiger partial charge in [0.2, 0.25) is 5.91 Å². The Balaban J connectivity index is 1.29. The predicted octanol–water partition coefficient (Wildman–Crippen LogP) is 2.85. The number of nitrogens with two attached hydrogens (primary N) is 1. The first-order chi connectivity index (χ1) is 18.2. The zero-order valence-electron chi connectivity index (χ0n) is 22.5. The summed E-state index contributed by atoms with van der Waals surface area (Å²) in [5, 5.41) is 7.99. The van der Waals surface area contributed by atoms with Crippen molar-refractivity contribution < 1.29 is 9.59 Å². The standard InChI is InChI=1S/C29H37N7O2/c1-18-16-36-25(31-27(18)35-13-11-22(30)17-35)15-24(33-36)19(2)34(3)28(38)29(32-26(37)14-20-8-9-20)12-10-21-6-4-5-7-23(21)29/h4-7,15-16,19-20,22H,8-14,17,30H2,1-3H3,(H,32,37)/t19-,22-,29?/m0/s1. The fourth-order valence-corrected chi connectivity index (χ4v) is 6.09. The molecule has 0 bridgehead atoms. The molecule has 3 atom stereocenters. The van der Waals surface area contributed by atoms with Crippen LogP contribution >= 0.6 is 0 Å². The molecule has 3 aliphatic rings. The predicted molar refractivity (Wildman–Crippen MR) is 146 cm³/mol. The van der Waals surface area contributed by atoms with Gasteiger partial charge in [-0.15, -0.1) is 0 Å². The number of anilines is 1. The second-order valence-electron chi connectivity index (χ2n) is 11.5. The first kappa shape index (κ1) is 24.9. The van der Waals surface area contributed by atoms with Gasteiger partial charge in [0.25, 0.3) is 5.91 Å². The van der Waals surface area contributed by atoms with E-state index in [0.717, 1.165) is 72.6 Å². The van der Waals surface area contributed by atoms with Gasteiger partial charge in [-0.3, -0.25) is 9.59 Å². The Labute approximate surface area is 223 Å². The van der Waals surface area contributed by atoms with Crippen LogP contribution in [0, 0.1) is 12.8 Å². The van der Waals surface area contributed by atoms with Crippen molar-refractivity contribution in [3.05, 3.63) is 58.9 Å². The summed E-state index contributed by atoms with van der Waals surface area (Å²) in [6, 6.07) is 9.80. The van der Waals surface area contributed by atoms with Crippen molar-refractivity contribution >= 4 is 23.3 Å². The summed E-state index contributed by atoms with van der Waals surface area (Å²) in [5.41, 5.74) is 9.65. The van der Waals surface area contributed by atoms with Crippen molar-refractivity contribution in [1.29, 1.82) is 0 Å². The minimum absolute atomic E-state index is 0.0415. The van der Waals surface area contributed by atoms with Crippen LogP contribution in [0.1, 0.15) is 67.5 Å². The van der Waals surface area contributed by atoms with Gasteiger partial charge >= 0.3 is 0 Å². The van der Waals surface area contributed by atoms with Gasteiger partial charge in [0.15, 0.2) is 5.65 Å². The van der Waals surface area contributed by atoms with Crippen LogP contribution in [0.15, 0.2) is 36.5 Å². The number of aromatic nitrogens is 3. The minimum atomic E-state index is -1.05. The van der Waals surface area contributed by atoms with Gasteiger partial charge in [0.1, 0.15) is 11.4 Å². The van der Waals surface area contributed by atoms with E-state index in [0.29, 0.717) is 18.8 Å². The lowest BCUT2D eigenvalue weighted by molar-refractivity contribution is -0.143. The normalized spacial score (nSPS) is 23.5. The van der Waals surface area contributed by atoms with Crippen LogP contribution in [0.2, 0.25) is 0 Å². The number of hydrogen-bond acceptors (Lipinski definition) is 6. The topological polar surface area (TPSA) is 109 Å². The Morgan fingerprint density at radius 2 is 2.05 bits per heavy atom. The number of carbonyl (C=O) groups excluding carboxylic acids is 2. The number of amides is 2. The number of nitrogens with one attached hydrogen (secondary N) is 1. The summed E-state index contributed by atoms with van der Waals surface area (Å²) in [5.74, 6) is 1.24. The molecule has 1 unspecified atom stereocenters. The van der Waals surface area contributed by atoms with E-state index in [4.69, 9.17) is 15.8 Å². The van der Waals surface area contributed by atoms with Crippen LogP contribution < -0.4 is 16.0 Å². The number of rotatable bonds is 7. The monoisotopic (exact) mass is 515 g/mol. The maximum Gasteiger partial charge on any atom is 0.253 e. The number of carbonyl (C=O) groups is 2. The first-order valence-corrected chi connectivity index (χ1v) is 13.8. The third-order valence-electron chi connectivity index (χ3n) is 8.61. The van der Waals surface area contributed by atoms with E-state index in [2.05, 4.69) is 16.3 Å². The van der Waals surface area contributed by atoms with E-state index < -0.39 is 5.54 Å². The summed E-state index contributed by atoms with van der Waals surface area (Å²) in [7, 11) is 1.81. The maximum atomic E-state index is 14.3. The van der Waals surface area contributed by atoms with Gasteiger partial charge in [-0.2, -0.15) is 5.10 Å². The Kier molecular flexibility index (Phi) is 6.13. The molecule has 38 heavy (non-hydrogen) atoms. The third-order valence-corrected chi connectivity index (χ3v) is 8.61. The lowest BCUT2D eigenvalue weighted by Crippen LogP contribution is -2.56. The zero-order valence-corrected chi connectivity index (χ0v) is 22.5. The van der Waals surface area contributed by atoms with Crippen LogP contribution in [0.3, 0.4) is 0 Å². The van der Waals surface area contributed by atoms with Crippen LogP contribution in [0.5, 0.6) is 0 Å². The number of nitrogens with zero attached hydrogens (tertiary/aromatic N) is 5. The molecular weight excluding hydrogens is 478 g/mol. The summed E-state index contributed by atoms with van der Waals surface area (Å²) >= 11 is 0. The highest BCUT2D eigenvalue weighted by Gasteiger charge is 2.49. The first-order valence-electron chi connectivity index (χ1n) is 13.8. The highest BCUT2D eigenvalue weighted by molar-refractivity contribution is 5.94. The minimum Gasteiger partial charge on any atom is -0.355 e. The second kappa shape index (κ2) is 9.38. The molecule has 2 aliphatic carbocycles. The lowest BCUT2D eigenvalue weighted by Gasteiger charge is -2.36. The van der Waals surface area contributed by atoms with Gasteiger partial charge in [-0.25, -0.2) is 9.50 Å². The SMILES string of the molecule is Cc1cn2nc([C@H](C)N(C)C(=O)C3(NC(=O)CC4CC4)CCc4ccccc43)cc2nc1N1CC[C@H](N)C1. The van der Waals surface area contributed by atoms with Crippen molar-refractivity contribution in [2.45, 2.75) is 70.0 Å². The fraction of sp³-hybridized carbons (Fsp3) is 0.517. The molecule has 1 aromatic carbocycles. The second-order valence-corrected chi connectivity index (χ2v) is 11.5. The molecule has 6 rings (SSSR count). The Hall–Kier alpha value is -3.46. The van der Waals surface area contributed by atoms with Gasteiger partial charge in [0.05, 0.1) is 11.7 Å². The number of likely N-dealkylation sites (N-methyl/N-ethyl adjacent to an activating group) is 1. The highest BCUT2D eigenvalue weighted by atomic mass is 16.2. The number of aryl methyl sites for hydroxylation is 2. The maximum absolute atomic E-state index is 14.3. The van der Waals surface area contributed by atoms with Crippen LogP contribution in [-0.2, 0) is 21.5 Å². The summed E-state index contributed by atoms with van der Waals surface area (Å²) in [6.45, 7) is 5.72. The zero-order chi connectivity index (χ0) is 26.6. The van der Waals surface area contributed by atoms with Crippen molar-refractivity contribution in [2.75, 3.05) is 25.0 Å². The summed E-state index contributed by atoms with van der Waals surface area (Å²) < 4.78 is 1.79. The summed E-state index contributed by atoms with van der Waals surface area (Å²) in [4.78, 5) is 36.1. The lowest BCUT2D eigenvalue weighted by atomic mass is 9.89. The molecule has 9 nitrogen and oxygen atoms in total. The molecule has 3 aromatic rings. The van der Waals surface area contributed by atoms with E-state index in [1.807, 2.05) is 51.4 Å². The smallest absolute Gasteiger partial charge is 0.253 e. The molecule has 9 heteroatoms. The van der Waals surface area contributed by atoms with E-state index in [1.165, 1.54) is 0 Å². The molecule has 1 saturated heterocycles. The molecule has 200 valence electrons. The Bertz CT molecular complexity index is 1400. The number of fused-ring (bicyclic) bond motifs is 2. The molecule has 3 heterocycles. The largest absolute Gasteiger partial charge is 0.355 e. The molecule has 2 amide bonds. The van der Waals surface area contributed by atoms with Crippen molar-refractivity contribution in [3.8, 4) is 0 Å². The number of hydrogen-bond donors (Lipinski definition) is 2. The van der Waals surface area contributed by atoms with Crippen LogP contribution in [-0.4, -0.2) is 57.5 Å². The van der Waals surface area contributed by atoms with Crippen molar-refractivity contribution in [2.24, 2.45) is 11.7 Å². The Morgan fingerprint density at radius 1 is 1.26 bits per heavy atom. The molecular formula is C29H37N7O2. The number of benzene rings is 1. The average Bonchev–Trinajstić information content (AvgIpc) is 3.28. The fourth-order valence-electron chi connectivity index (χ4n) is 6.09. The molecule has 2 aromatic heterocycles. The van der Waals surface area contributed by atoms with Crippen molar-refractivity contribution in [3.63, 3.8) is 0 Å². The molecule has 0 spiro atoms. The van der Waals surface area contributed by atoms with E-state index in [-0.39, 0.29) is 23.9 Å². The van der Waals surface area contributed by atoms with Gasteiger partial charge in [0, 0.05) is 50.4 Å². The van der Waals surface area contributed by atoms with Crippen LogP contribution in [0.25, 0.3) is 5.65 Å². The molecule has 3 N–H and O–H groups in total. The van der Waals surface area contributed by atoms with Gasteiger partial charge < -0.3 is 20.9 Å². The molecule has 2 fully saturated rings. The average molecular weight is 516 g/mol. The highest BCUT2D eigenvalue weighted by Crippen LogP contribution is 2.40. The van der Waals surface area contributed by atoms with Crippen LogP contribution in [0.4, 0.5) is 5.82 Å². The van der Waals surface area contributed by atoms with Crippen molar-refractivity contribution in [1.82, 2.24) is 24.8 Å². The molecule has 0 radical (unpaired) electrons. The van der Waals surface area contributed by atoms with E-state index in [9.17, 15) is 9.59 Å². The van der Waals surface area contributed by atoms with Gasteiger partial charge in [-0.05, 0) is 63.0 Å². The van der Waals surface area contributed by atoms with E-state index >= 15 is 0 Å². The molecule has 1 saturated carbocycles. The quantitative estimate of drug-likeness (QED) is 0.501. The Morgan fingerprint density at radius 3 is 2.79 bits per heavy atom. The van der Waals surface area contributed by atoms with Gasteiger partial charge in [-0.1, -0.05) is 24.3 Å². The third kappa shape index (κ3) is 4.32. The summed E-state index contributed by atoms with van der Waals surface area (Å²) in [6.07, 6.45) is 6.94. The van der Waals surface area contributed by atoms with E-state index in [1.54, 1.807) is 9.42 Å².